The summed E-state index contributed by atoms with van der Waals surface area (Å²) in [4.78, 5) is 12.3. The van der Waals surface area contributed by atoms with Crippen molar-refractivity contribution in [1.82, 2.24) is 0 Å². The number of hydrogen-bond donors (Lipinski definition) is 2. The van der Waals surface area contributed by atoms with Crippen molar-refractivity contribution >= 4 is 11.5 Å². The van der Waals surface area contributed by atoms with Crippen LogP contribution in [0.5, 0.6) is 23.0 Å². The molecule has 0 heterocycles. The minimum Gasteiger partial charge on any atom is -0.508 e. The Kier molecular flexibility index (Phi) is 5.68. The van der Waals surface area contributed by atoms with Crippen LogP contribution in [0.1, 0.15) is 10.4 Å². The van der Waals surface area contributed by atoms with Crippen molar-refractivity contribution in [3.05, 3.63) is 54.2 Å². The minimum atomic E-state index is -0.234. The van der Waals surface area contributed by atoms with Crippen LogP contribution in [-0.4, -0.2) is 32.2 Å². The molecule has 0 unspecified atom stereocenters. The summed E-state index contributed by atoms with van der Waals surface area (Å²) in [5.41, 5.74) is 1.07. The summed E-state index contributed by atoms with van der Waals surface area (Å²) >= 11 is 0. The molecule has 126 valence electrons. The second-order valence-corrected chi connectivity index (χ2v) is 4.81. The topological polar surface area (TPSA) is 77.0 Å². The summed E-state index contributed by atoms with van der Waals surface area (Å²) in [7, 11) is 4.48. The Balaban J connectivity index is 2.18. The molecule has 0 aliphatic carbocycles. The fraction of sp³-hybridized carbons (Fsp3) is 0.167. The summed E-state index contributed by atoms with van der Waals surface area (Å²) in [5.74, 6) is 1.16. The standard InChI is InChI=1S/C18H19NO5/c1-22-16-9-12(10-17(23-2)18(16)24-3)15(21)7-8-19-13-5-4-6-14(20)11-13/h4-11,19-20H,1-3H3/b8-7+. The number of anilines is 1. The molecule has 0 amide bonds. The number of hydrogen-bond acceptors (Lipinski definition) is 6. The van der Waals surface area contributed by atoms with Gasteiger partial charge in [-0.25, -0.2) is 0 Å². The van der Waals surface area contributed by atoms with Crippen LogP contribution in [-0.2, 0) is 0 Å². The molecule has 0 aliphatic heterocycles. The van der Waals surface area contributed by atoms with E-state index in [1.165, 1.54) is 33.6 Å². The Morgan fingerprint density at radius 2 is 1.71 bits per heavy atom. The van der Waals surface area contributed by atoms with E-state index in [1.54, 1.807) is 36.4 Å². The Morgan fingerprint density at radius 3 is 2.25 bits per heavy atom. The van der Waals surface area contributed by atoms with Gasteiger partial charge in [-0.15, -0.1) is 0 Å². The number of ether oxygens (including phenoxy) is 3. The number of rotatable bonds is 7. The number of carbonyl (C=O) groups excluding carboxylic acids is 1. The maximum atomic E-state index is 12.3. The lowest BCUT2D eigenvalue weighted by Crippen LogP contribution is -2.01. The van der Waals surface area contributed by atoms with Gasteiger partial charge in [-0.1, -0.05) is 6.07 Å². The van der Waals surface area contributed by atoms with Crippen molar-refractivity contribution in [3.63, 3.8) is 0 Å². The number of ketones is 1. The highest BCUT2D eigenvalue weighted by molar-refractivity contribution is 6.05. The van der Waals surface area contributed by atoms with Crippen LogP contribution < -0.4 is 19.5 Å². The number of methoxy groups -OCH3 is 3. The Labute approximate surface area is 140 Å². The van der Waals surface area contributed by atoms with Gasteiger partial charge >= 0.3 is 0 Å². The van der Waals surface area contributed by atoms with E-state index in [2.05, 4.69) is 5.32 Å². The van der Waals surface area contributed by atoms with Crippen LogP contribution in [0.25, 0.3) is 0 Å². The van der Waals surface area contributed by atoms with E-state index in [-0.39, 0.29) is 11.5 Å². The molecule has 0 aromatic heterocycles. The third-order valence-electron chi connectivity index (χ3n) is 3.28. The zero-order chi connectivity index (χ0) is 17.5. The summed E-state index contributed by atoms with van der Waals surface area (Å²) in [6.07, 6.45) is 2.88. The van der Waals surface area contributed by atoms with Gasteiger partial charge in [0.25, 0.3) is 0 Å². The van der Waals surface area contributed by atoms with E-state index in [9.17, 15) is 9.90 Å². The third-order valence-corrected chi connectivity index (χ3v) is 3.28. The van der Waals surface area contributed by atoms with E-state index in [4.69, 9.17) is 14.2 Å². The van der Waals surface area contributed by atoms with Crippen LogP contribution in [0.2, 0.25) is 0 Å². The third kappa shape index (κ3) is 3.98. The van der Waals surface area contributed by atoms with E-state index in [0.29, 0.717) is 28.5 Å². The van der Waals surface area contributed by atoms with Crippen LogP contribution in [0.15, 0.2) is 48.7 Å². The van der Waals surface area contributed by atoms with Gasteiger partial charge in [0.2, 0.25) is 5.75 Å². The maximum absolute atomic E-state index is 12.3. The summed E-state index contributed by atoms with van der Waals surface area (Å²) in [6.45, 7) is 0. The van der Waals surface area contributed by atoms with Gasteiger partial charge in [0.15, 0.2) is 17.3 Å². The Hall–Kier alpha value is -3.15. The zero-order valence-corrected chi connectivity index (χ0v) is 13.7. The Bertz CT molecular complexity index is 730. The highest BCUT2D eigenvalue weighted by Gasteiger charge is 2.15. The first-order valence-corrected chi connectivity index (χ1v) is 7.15. The SMILES string of the molecule is COc1cc(C(=O)/C=C/Nc2cccc(O)c2)cc(OC)c1OC. The number of aromatic hydroxyl groups is 1. The summed E-state index contributed by atoms with van der Waals surface area (Å²) < 4.78 is 15.7. The lowest BCUT2D eigenvalue weighted by atomic mass is 10.1. The maximum Gasteiger partial charge on any atom is 0.203 e. The summed E-state index contributed by atoms with van der Waals surface area (Å²) in [5, 5.41) is 12.3. The van der Waals surface area contributed by atoms with E-state index in [0.717, 1.165) is 0 Å². The first-order chi connectivity index (χ1) is 11.6. The first-order valence-electron chi connectivity index (χ1n) is 7.15. The van der Waals surface area contributed by atoms with Crippen LogP contribution in [0, 0.1) is 0 Å². The molecule has 0 aliphatic rings. The van der Waals surface area contributed by atoms with Gasteiger partial charge in [0.05, 0.1) is 21.3 Å². The minimum absolute atomic E-state index is 0.143. The van der Waals surface area contributed by atoms with Crippen LogP contribution in [0.4, 0.5) is 5.69 Å². The smallest absolute Gasteiger partial charge is 0.203 e. The number of nitrogens with one attached hydrogen (secondary N) is 1. The lowest BCUT2D eigenvalue weighted by Gasteiger charge is -2.13. The fourth-order valence-electron chi connectivity index (χ4n) is 2.13. The average molecular weight is 329 g/mol. The fourth-order valence-corrected chi connectivity index (χ4v) is 2.13. The van der Waals surface area contributed by atoms with Crippen molar-refractivity contribution in [3.8, 4) is 23.0 Å². The highest BCUT2D eigenvalue weighted by Crippen LogP contribution is 2.38. The molecule has 0 radical (unpaired) electrons. The molecule has 24 heavy (non-hydrogen) atoms. The number of phenolic OH excluding ortho intramolecular Hbond substituents is 1. The molecule has 2 N–H and O–H groups in total. The van der Waals surface area contributed by atoms with E-state index >= 15 is 0 Å². The van der Waals surface area contributed by atoms with Gasteiger partial charge in [0.1, 0.15) is 5.75 Å². The molecule has 2 aromatic carbocycles. The zero-order valence-electron chi connectivity index (χ0n) is 13.7. The monoisotopic (exact) mass is 329 g/mol. The van der Waals surface area contributed by atoms with E-state index in [1.807, 2.05) is 0 Å². The van der Waals surface area contributed by atoms with Gasteiger partial charge in [-0.2, -0.15) is 0 Å². The quantitative estimate of drug-likeness (QED) is 0.600. The molecule has 0 atom stereocenters. The van der Waals surface area contributed by atoms with Crippen molar-refractivity contribution < 1.29 is 24.1 Å². The molecule has 6 heteroatoms. The first kappa shape index (κ1) is 17.2. The second kappa shape index (κ2) is 7.92. The predicted molar refractivity (Wildman–Crippen MR) is 91.3 cm³/mol. The Morgan fingerprint density at radius 1 is 1.04 bits per heavy atom. The van der Waals surface area contributed by atoms with Crippen LogP contribution >= 0.6 is 0 Å². The second-order valence-electron chi connectivity index (χ2n) is 4.81. The molecule has 0 fully saturated rings. The average Bonchev–Trinajstić information content (AvgIpc) is 2.60. The molecule has 2 rings (SSSR count). The number of carbonyl (C=O) groups is 1. The number of benzene rings is 2. The molecule has 0 bridgehead atoms. The lowest BCUT2D eigenvalue weighted by molar-refractivity contribution is 0.104. The van der Waals surface area contributed by atoms with Gasteiger partial charge < -0.3 is 24.6 Å². The molecule has 0 saturated heterocycles. The number of allylic oxidation sites excluding steroid dienone is 1. The number of phenols is 1. The molecule has 6 nitrogen and oxygen atoms in total. The normalized spacial score (nSPS) is 10.5. The van der Waals surface area contributed by atoms with Crippen molar-refractivity contribution in [2.24, 2.45) is 0 Å². The van der Waals surface area contributed by atoms with Crippen molar-refractivity contribution in [2.75, 3.05) is 26.6 Å². The largest absolute Gasteiger partial charge is 0.508 e. The predicted octanol–water partition coefficient (Wildman–Crippen LogP) is 3.23. The molecule has 2 aromatic rings. The van der Waals surface area contributed by atoms with Gasteiger partial charge in [0, 0.05) is 29.6 Å². The van der Waals surface area contributed by atoms with Crippen LogP contribution in [0.3, 0.4) is 0 Å². The van der Waals surface area contributed by atoms with Gasteiger partial charge in [-0.05, 0) is 24.3 Å². The van der Waals surface area contributed by atoms with Gasteiger partial charge in [-0.3, -0.25) is 4.79 Å². The van der Waals surface area contributed by atoms with Crippen molar-refractivity contribution in [2.45, 2.75) is 0 Å². The molecule has 0 spiro atoms. The highest BCUT2D eigenvalue weighted by atomic mass is 16.5. The van der Waals surface area contributed by atoms with Crippen molar-refractivity contribution in [1.29, 1.82) is 0 Å². The molecule has 0 saturated carbocycles. The molecular weight excluding hydrogens is 310 g/mol. The summed E-state index contributed by atoms with van der Waals surface area (Å²) in [6, 6.07) is 9.76. The molecular formula is C18H19NO5. The van der Waals surface area contributed by atoms with E-state index < -0.39 is 0 Å².